The first kappa shape index (κ1) is 16.6. The summed E-state index contributed by atoms with van der Waals surface area (Å²) >= 11 is 9.16. The van der Waals surface area contributed by atoms with Crippen LogP contribution in [0.15, 0.2) is 30.5 Å². The van der Waals surface area contributed by atoms with Gasteiger partial charge in [-0.2, -0.15) is 11.8 Å². The molecule has 0 aliphatic carbocycles. The molecular formula is C15H17ClN4OS2. The minimum absolute atomic E-state index is 0.0223. The molecule has 2 aromatic heterocycles. The average molecular weight is 369 g/mol. The lowest BCUT2D eigenvalue weighted by Crippen LogP contribution is -2.24. The van der Waals surface area contributed by atoms with Crippen molar-refractivity contribution in [2.45, 2.75) is 12.5 Å². The van der Waals surface area contributed by atoms with E-state index >= 15 is 0 Å². The zero-order chi connectivity index (χ0) is 16.2. The SMILES string of the molecule is CSCCC(CO)Nc1nn2cc(-c3ccc(Cl)cc3)nc2s1. The standard InChI is InChI=1S/C15H17ClN4OS2/c1-22-7-6-12(9-21)17-14-19-20-8-13(18-15(20)23-14)10-2-4-11(16)5-3-10/h2-5,8,12,21H,6-7,9H2,1H3,(H,17,19). The number of aromatic nitrogens is 3. The summed E-state index contributed by atoms with van der Waals surface area (Å²) < 4.78 is 1.76. The lowest BCUT2D eigenvalue weighted by atomic mass is 10.2. The smallest absolute Gasteiger partial charge is 0.214 e. The molecule has 2 heterocycles. The summed E-state index contributed by atoms with van der Waals surface area (Å²) in [4.78, 5) is 5.42. The molecule has 0 fully saturated rings. The molecule has 3 aromatic rings. The molecule has 0 saturated heterocycles. The van der Waals surface area contributed by atoms with Gasteiger partial charge in [0, 0.05) is 10.6 Å². The van der Waals surface area contributed by atoms with E-state index in [0.717, 1.165) is 33.5 Å². The predicted molar refractivity (Wildman–Crippen MR) is 98.8 cm³/mol. The maximum atomic E-state index is 9.43. The molecule has 23 heavy (non-hydrogen) atoms. The summed E-state index contributed by atoms with van der Waals surface area (Å²) in [6.07, 6.45) is 4.86. The zero-order valence-corrected chi connectivity index (χ0v) is 15.0. The van der Waals surface area contributed by atoms with Gasteiger partial charge in [-0.05, 0) is 30.6 Å². The summed E-state index contributed by atoms with van der Waals surface area (Å²) in [5, 5.41) is 18.7. The number of nitrogens with zero attached hydrogens (tertiary/aromatic N) is 3. The Morgan fingerprint density at radius 1 is 1.39 bits per heavy atom. The van der Waals surface area contributed by atoms with Crippen molar-refractivity contribution >= 4 is 44.8 Å². The van der Waals surface area contributed by atoms with Crippen LogP contribution < -0.4 is 5.32 Å². The van der Waals surface area contributed by atoms with Gasteiger partial charge in [0.15, 0.2) is 0 Å². The number of hydrogen-bond acceptors (Lipinski definition) is 6. The molecule has 0 aliphatic heterocycles. The molecule has 0 amide bonds. The highest BCUT2D eigenvalue weighted by molar-refractivity contribution is 7.98. The number of benzene rings is 1. The molecule has 122 valence electrons. The molecule has 0 aliphatic rings. The number of fused-ring (bicyclic) bond motifs is 1. The monoisotopic (exact) mass is 368 g/mol. The number of aliphatic hydroxyl groups is 1. The fourth-order valence-corrected chi connectivity index (χ4v) is 3.67. The Bertz CT molecular complexity index is 740. The summed E-state index contributed by atoms with van der Waals surface area (Å²) in [7, 11) is 0. The van der Waals surface area contributed by atoms with Gasteiger partial charge in [-0.3, -0.25) is 0 Å². The Labute approximate surface area is 147 Å². The maximum Gasteiger partial charge on any atom is 0.214 e. The third kappa shape index (κ3) is 3.98. The van der Waals surface area contributed by atoms with Gasteiger partial charge in [-0.1, -0.05) is 35.1 Å². The largest absolute Gasteiger partial charge is 0.394 e. The van der Waals surface area contributed by atoms with Crippen LogP contribution in [0, 0.1) is 0 Å². The molecule has 1 aromatic carbocycles. The molecule has 3 rings (SSSR count). The van der Waals surface area contributed by atoms with Crippen LogP contribution in [0.1, 0.15) is 6.42 Å². The van der Waals surface area contributed by atoms with E-state index in [0.29, 0.717) is 5.02 Å². The molecular weight excluding hydrogens is 352 g/mol. The van der Waals surface area contributed by atoms with Crippen LogP contribution in [0.4, 0.5) is 5.13 Å². The van der Waals surface area contributed by atoms with Crippen molar-refractivity contribution in [1.29, 1.82) is 0 Å². The Morgan fingerprint density at radius 2 is 2.17 bits per heavy atom. The number of imidazole rings is 1. The van der Waals surface area contributed by atoms with Crippen LogP contribution >= 0.6 is 34.7 Å². The van der Waals surface area contributed by atoms with Crippen molar-refractivity contribution in [2.24, 2.45) is 0 Å². The first-order valence-electron chi connectivity index (χ1n) is 7.18. The number of nitrogens with one attached hydrogen (secondary N) is 1. The van der Waals surface area contributed by atoms with Crippen LogP contribution in [0.5, 0.6) is 0 Å². The summed E-state index contributed by atoms with van der Waals surface area (Å²) in [6.45, 7) is 0.0957. The molecule has 8 heteroatoms. The highest BCUT2D eigenvalue weighted by Crippen LogP contribution is 2.26. The quantitative estimate of drug-likeness (QED) is 0.666. The average Bonchev–Trinajstić information content (AvgIpc) is 3.10. The molecule has 1 unspecified atom stereocenters. The van der Waals surface area contributed by atoms with E-state index in [-0.39, 0.29) is 12.6 Å². The van der Waals surface area contributed by atoms with E-state index in [9.17, 15) is 5.11 Å². The fraction of sp³-hybridized carbons (Fsp3) is 0.333. The molecule has 0 saturated carbocycles. The second-order valence-corrected chi connectivity index (χ2v) is 7.45. The first-order valence-corrected chi connectivity index (χ1v) is 9.77. The van der Waals surface area contributed by atoms with E-state index in [1.165, 1.54) is 11.3 Å². The van der Waals surface area contributed by atoms with Gasteiger partial charge in [-0.25, -0.2) is 9.50 Å². The van der Waals surface area contributed by atoms with E-state index in [2.05, 4.69) is 21.7 Å². The molecule has 2 N–H and O–H groups in total. The Balaban J connectivity index is 1.76. The number of anilines is 1. The minimum Gasteiger partial charge on any atom is -0.394 e. The second-order valence-electron chi connectivity index (χ2n) is 5.07. The molecule has 0 radical (unpaired) electrons. The normalized spacial score (nSPS) is 12.7. The Morgan fingerprint density at radius 3 is 2.83 bits per heavy atom. The van der Waals surface area contributed by atoms with Crippen LogP contribution in [0.3, 0.4) is 0 Å². The number of halogens is 1. The van der Waals surface area contributed by atoms with Crippen molar-refractivity contribution in [3.8, 4) is 11.3 Å². The van der Waals surface area contributed by atoms with Gasteiger partial charge >= 0.3 is 0 Å². The van der Waals surface area contributed by atoms with Crippen molar-refractivity contribution in [3.05, 3.63) is 35.5 Å². The molecule has 0 spiro atoms. The van der Waals surface area contributed by atoms with Gasteiger partial charge in [0.05, 0.1) is 24.5 Å². The van der Waals surface area contributed by atoms with Gasteiger partial charge < -0.3 is 10.4 Å². The van der Waals surface area contributed by atoms with E-state index < -0.39 is 0 Å². The van der Waals surface area contributed by atoms with Crippen LogP contribution in [0.25, 0.3) is 16.2 Å². The van der Waals surface area contributed by atoms with Gasteiger partial charge in [0.2, 0.25) is 10.1 Å². The van der Waals surface area contributed by atoms with Crippen LogP contribution in [-0.4, -0.2) is 44.4 Å². The number of thioether (sulfide) groups is 1. The number of hydrogen-bond donors (Lipinski definition) is 2. The molecule has 1 atom stereocenters. The molecule has 0 bridgehead atoms. The predicted octanol–water partition coefficient (Wildman–Crippen LogP) is 3.64. The number of aliphatic hydroxyl groups excluding tert-OH is 1. The van der Waals surface area contributed by atoms with Gasteiger partial charge in [0.25, 0.3) is 0 Å². The van der Waals surface area contributed by atoms with Crippen molar-refractivity contribution in [3.63, 3.8) is 0 Å². The summed E-state index contributed by atoms with van der Waals surface area (Å²) in [6, 6.07) is 7.61. The summed E-state index contributed by atoms with van der Waals surface area (Å²) in [5.74, 6) is 1.00. The van der Waals surface area contributed by atoms with Crippen molar-refractivity contribution < 1.29 is 5.11 Å². The van der Waals surface area contributed by atoms with E-state index in [4.69, 9.17) is 11.6 Å². The number of rotatable bonds is 7. The third-order valence-corrected chi connectivity index (χ3v) is 5.15. The third-order valence-electron chi connectivity index (χ3n) is 3.40. The lowest BCUT2D eigenvalue weighted by Gasteiger charge is -2.13. The Hall–Kier alpha value is -1.28. The minimum atomic E-state index is 0.0223. The highest BCUT2D eigenvalue weighted by atomic mass is 35.5. The van der Waals surface area contributed by atoms with E-state index in [1.54, 1.807) is 16.3 Å². The molecule has 5 nitrogen and oxygen atoms in total. The Kier molecular flexibility index (Phi) is 5.42. The topological polar surface area (TPSA) is 62.5 Å². The zero-order valence-electron chi connectivity index (χ0n) is 12.6. The van der Waals surface area contributed by atoms with Gasteiger partial charge in [0.1, 0.15) is 0 Å². The van der Waals surface area contributed by atoms with E-state index in [1.807, 2.05) is 30.5 Å². The lowest BCUT2D eigenvalue weighted by molar-refractivity contribution is 0.272. The van der Waals surface area contributed by atoms with Gasteiger partial charge in [-0.15, -0.1) is 5.10 Å². The highest BCUT2D eigenvalue weighted by Gasteiger charge is 2.13. The van der Waals surface area contributed by atoms with Crippen molar-refractivity contribution in [2.75, 3.05) is 23.9 Å². The summed E-state index contributed by atoms with van der Waals surface area (Å²) in [5.41, 5.74) is 1.88. The first-order chi connectivity index (χ1) is 11.2. The van der Waals surface area contributed by atoms with Crippen molar-refractivity contribution in [1.82, 2.24) is 14.6 Å². The second kappa shape index (κ2) is 7.53. The van der Waals surface area contributed by atoms with Crippen LogP contribution in [-0.2, 0) is 0 Å². The maximum absolute atomic E-state index is 9.43. The van der Waals surface area contributed by atoms with Crippen LogP contribution in [0.2, 0.25) is 5.02 Å². The fourth-order valence-electron chi connectivity index (χ4n) is 2.16.